The van der Waals surface area contributed by atoms with Crippen LogP contribution < -0.4 is 5.73 Å². The summed E-state index contributed by atoms with van der Waals surface area (Å²) < 4.78 is 5.41. The summed E-state index contributed by atoms with van der Waals surface area (Å²) in [7, 11) is 0. The fraction of sp³-hybridized carbons (Fsp3) is 0.625. The van der Waals surface area contributed by atoms with E-state index in [1.54, 1.807) is 0 Å². The number of benzene rings is 1. The minimum Gasteiger partial charge on any atom is -0.381 e. The van der Waals surface area contributed by atoms with Gasteiger partial charge < -0.3 is 10.5 Å². The number of ether oxygens (including phenoxy) is 1. The molecule has 1 aliphatic heterocycles. The van der Waals surface area contributed by atoms with Crippen molar-refractivity contribution in [2.75, 3.05) is 13.2 Å². The zero-order chi connectivity index (χ0) is 13.0. The average Bonchev–Trinajstić information content (AvgIpc) is 2.81. The quantitative estimate of drug-likeness (QED) is 0.866. The molecule has 1 heterocycles. The summed E-state index contributed by atoms with van der Waals surface area (Å²) in [5.74, 6) is 1.34. The van der Waals surface area contributed by atoms with E-state index < -0.39 is 0 Å². The van der Waals surface area contributed by atoms with Crippen LogP contribution in [0.1, 0.15) is 43.9 Å². The molecule has 1 aromatic rings. The predicted molar refractivity (Wildman–Crippen MR) is 75.5 cm³/mol. The molecule has 0 saturated carbocycles. The molecule has 1 saturated heterocycles. The fourth-order valence-electron chi connectivity index (χ4n) is 2.69. The molecule has 2 nitrogen and oxygen atoms in total. The van der Waals surface area contributed by atoms with Crippen LogP contribution in [-0.2, 0) is 11.2 Å². The highest BCUT2D eigenvalue weighted by atomic mass is 16.5. The van der Waals surface area contributed by atoms with Crippen LogP contribution in [0.25, 0.3) is 0 Å². The maximum absolute atomic E-state index is 6.32. The molecule has 0 bridgehead atoms. The van der Waals surface area contributed by atoms with Crippen molar-refractivity contribution < 1.29 is 4.74 Å². The number of nitrogens with two attached hydrogens (primary N) is 1. The van der Waals surface area contributed by atoms with Crippen LogP contribution in [0.3, 0.4) is 0 Å². The Kier molecular flexibility index (Phi) is 4.79. The van der Waals surface area contributed by atoms with Crippen LogP contribution in [0.5, 0.6) is 0 Å². The lowest BCUT2D eigenvalue weighted by Crippen LogP contribution is -2.16. The summed E-state index contributed by atoms with van der Waals surface area (Å²) in [6.45, 7) is 6.30. The van der Waals surface area contributed by atoms with Crippen molar-refractivity contribution in [1.29, 1.82) is 0 Å². The first-order chi connectivity index (χ1) is 8.65. The molecule has 2 heteroatoms. The Hall–Kier alpha value is -0.860. The number of hydrogen-bond acceptors (Lipinski definition) is 2. The standard InChI is InChI=1S/C16H25NO/c1-12(2)8-13-4-3-5-15(9-13)16(17)10-14-6-7-18-11-14/h3-5,9,12,14,16H,6-8,10-11,17H2,1-2H3. The van der Waals surface area contributed by atoms with Crippen molar-refractivity contribution in [1.82, 2.24) is 0 Å². The third-order valence-electron chi connectivity index (χ3n) is 3.63. The first-order valence-corrected chi connectivity index (χ1v) is 7.07. The average molecular weight is 247 g/mol. The van der Waals surface area contributed by atoms with Gasteiger partial charge >= 0.3 is 0 Å². The zero-order valence-corrected chi connectivity index (χ0v) is 11.6. The van der Waals surface area contributed by atoms with E-state index in [1.807, 2.05) is 0 Å². The molecule has 1 fully saturated rings. The minimum absolute atomic E-state index is 0.156. The van der Waals surface area contributed by atoms with E-state index in [4.69, 9.17) is 10.5 Å². The second-order valence-electron chi connectivity index (χ2n) is 5.91. The van der Waals surface area contributed by atoms with Crippen molar-refractivity contribution in [3.8, 4) is 0 Å². The maximum atomic E-state index is 6.32. The largest absolute Gasteiger partial charge is 0.381 e. The topological polar surface area (TPSA) is 35.2 Å². The summed E-state index contributed by atoms with van der Waals surface area (Å²) in [5.41, 5.74) is 9.00. The molecule has 2 rings (SSSR count). The Bertz CT molecular complexity index is 369. The smallest absolute Gasteiger partial charge is 0.0495 e. The monoisotopic (exact) mass is 247 g/mol. The fourth-order valence-corrected chi connectivity index (χ4v) is 2.69. The van der Waals surface area contributed by atoms with Crippen LogP contribution in [0, 0.1) is 11.8 Å². The van der Waals surface area contributed by atoms with Crippen LogP contribution in [0.4, 0.5) is 0 Å². The molecule has 2 unspecified atom stereocenters. The number of hydrogen-bond donors (Lipinski definition) is 1. The summed E-state index contributed by atoms with van der Waals surface area (Å²) >= 11 is 0. The van der Waals surface area contributed by atoms with Crippen molar-refractivity contribution >= 4 is 0 Å². The lowest BCUT2D eigenvalue weighted by Gasteiger charge is -2.17. The van der Waals surface area contributed by atoms with Gasteiger partial charge in [0.1, 0.15) is 0 Å². The normalized spacial score (nSPS) is 21.4. The molecule has 0 radical (unpaired) electrons. The Balaban J connectivity index is 1.98. The van der Waals surface area contributed by atoms with Gasteiger partial charge in [0, 0.05) is 19.3 Å². The van der Waals surface area contributed by atoms with Crippen LogP contribution in [0.15, 0.2) is 24.3 Å². The molecule has 0 aromatic heterocycles. The van der Waals surface area contributed by atoms with E-state index in [1.165, 1.54) is 17.5 Å². The van der Waals surface area contributed by atoms with Crippen molar-refractivity contribution in [3.63, 3.8) is 0 Å². The van der Waals surface area contributed by atoms with Crippen LogP contribution >= 0.6 is 0 Å². The van der Waals surface area contributed by atoms with Gasteiger partial charge in [0.05, 0.1) is 0 Å². The Morgan fingerprint density at radius 1 is 1.39 bits per heavy atom. The van der Waals surface area contributed by atoms with Gasteiger partial charge in [-0.3, -0.25) is 0 Å². The van der Waals surface area contributed by atoms with E-state index in [0.717, 1.165) is 26.1 Å². The predicted octanol–water partition coefficient (Wildman–Crippen LogP) is 3.31. The van der Waals surface area contributed by atoms with Crippen LogP contribution in [-0.4, -0.2) is 13.2 Å². The van der Waals surface area contributed by atoms with Crippen molar-refractivity contribution in [2.45, 2.75) is 39.2 Å². The zero-order valence-electron chi connectivity index (χ0n) is 11.6. The van der Waals surface area contributed by atoms with Crippen molar-refractivity contribution in [2.24, 2.45) is 17.6 Å². The lowest BCUT2D eigenvalue weighted by molar-refractivity contribution is 0.182. The SMILES string of the molecule is CC(C)Cc1cccc(C(N)CC2CCOC2)c1. The molecule has 18 heavy (non-hydrogen) atoms. The highest BCUT2D eigenvalue weighted by Gasteiger charge is 2.19. The second-order valence-corrected chi connectivity index (χ2v) is 5.91. The molecule has 2 N–H and O–H groups in total. The highest BCUT2D eigenvalue weighted by molar-refractivity contribution is 5.26. The highest BCUT2D eigenvalue weighted by Crippen LogP contribution is 2.25. The molecule has 1 aliphatic rings. The van der Waals surface area contributed by atoms with E-state index in [0.29, 0.717) is 11.8 Å². The van der Waals surface area contributed by atoms with Gasteiger partial charge in [0.15, 0.2) is 0 Å². The first-order valence-electron chi connectivity index (χ1n) is 7.07. The molecular formula is C16H25NO. The third-order valence-corrected chi connectivity index (χ3v) is 3.63. The van der Waals surface area contributed by atoms with Crippen LogP contribution in [0.2, 0.25) is 0 Å². The molecule has 0 spiro atoms. The molecule has 0 amide bonds. The number of rotatable bonds is 5. The van der Waals surface area contributed by atoms with Crippen molar-refractivity contribution in [3.05, 3.63) is 35.4 Å². The van der Waals surface area contributed by atoms with Gasteiger partial charge in [-0.2, -0.15) is 0 Å². The lowest BCUT2D eigenvalue weighted by atomic mass is 9.92. The first kappa shape index (κ1) is 13.6. The van der Waals surface area contributed by atoms with E-state index in [9.17, 15) is 0 Å². The van der Waals surface area contributed by atoms with E-state index >= 15 is 0 Å². The van der Waals surface area contributed by atoms with Gasteiger partial charge in [-0.25, -0.2) is 0 Å². The van der Waals surface area contributed by atoms with E-state index in [-0.39, 0.29) is 6.04 Å². The second kappa shape index (κ2) is 6.35. The Labute approximate surface area is 111 Å². The van der Waals surface area contributed by atoms with Gasteiger partial charge in [-0.1, -0.05) is 38.1 Å². The molecule has 0 aliphatic carbocycles. The molecule has 2 atom stereocenters. The molecular weight excluding hydrogens is 222 g/mol. The summed E-state index contributed by atoms with van der Waals surface area (Å²) in [6.07, 6.45) is 3.34. The van der Waals surface area contributed by atoms with Gasteiger partial charge in [0.2, 0.25) is 0 Å². The maximum Gasteiger partial charge on any atom is 0.0495 e. The Morgan fingerprint density at radius 3 is 2.89 bits per heavy atom. The van der Waals surface area contributed by atoms with Gasteiger partial charge in [-0.15, -0.1) is 0 Å². The molecule has 1 aromatic carbocycles. The molecule has 100 valence electrons. The summed E-state index contributed by atoms with van der Waals surface area (Å²) in [6, 6.07) is 8.93. The summed E-state index contributed by atoms with van der Waals surface area (Å²) in [5, 5.41) is 0. The van der Waals surface area contributed by atoms with Gasteiger partial charge in [-0.05, 0) is 42.2 Å². The Morgan fingerprint density at radius 2 is 2.22 bits per heavy atom. The van der Waals surface area contributed by atoms with Gasteiger partial charge in [0.25, 0.3) is 0 Å². The van der Waals surface area contributed by atoms with E-state index in [2.05, 4.69) is 38.1 Å². The third kappa shape index (κ3) is 3.82. The minimum atomic E-state index is 0.156. The summed E-state index contributed by atoms with van der Waals surface area (Å²) in [4.78, 5) is 0.